The van der Waals surface area contributed by atoms with Gasteiger partial charge in [-0.15, -0.1) is 0 Å². The second kappa shape index (κ2) is 5.79. The maximum Gasteiger partial charge on any atom is 0.211 e. The van der Waals surface area contributed by atoms with Gasteiger partial charge in [-0.1, -0.05) is 0 Å². The van der Waals surface area contributed by atoms with Gasteiger partial charge >= 0.3 is 0 Å². The molecule has 1 aliphatic heterocycles. The Balaban J connectivity index is 2.24. The van der Waals surface area contributed by atoms with Gasteiger partial charge in [-0.25, -0.2) is 13.1 Å². The second-order valence-corrected chi connectivity index (χ2v) is 6.15. The molecule has 0 spiro atoms. The van der Waals surface area contributed by atoms with Crippen molar-refractivity contribution in [3.05, 3.63) is 0 Å². The molecular formula is C9H21N3O2S. The van der Waals surface area contributed by atoms with Gasteiger partial charge in [-0.2, -0.15) is 0 Å². The van der Waals surface area contributed by atoms with Crippen molar-refractivity contribution in [2.75, 3.05) is 39.0 Å². The Hall–Kier alpha value is -0.170. The summed E-state index contributed by atoms with van der Waals surface area (Å²) in [5.41, 5.74) is 5.27. The third-order valence-electron chi connectivity index (χ3n) is 2.70. The zero-order valence-electron chi connectivity index (χ0n) is 9.28. The van der Waals surface area contributed by atoms with E-state index in [0.717, 1.165) is 19.5 Å². The fraction of sp³-hybridized carbons (Fsp3) is 1.00. The van der Waals surface area contributed by atoms with E-state index in [1.54, 1.807) is 0 Å². The molecule has 0 saturated carbocycles. The van der Waals surface area contributed by atoms with Crippen LogP contribution in [0.4, 0.5) is 0 Å². The summed E-state index contributed by atoms with van der Waals surface area (Å²) < 4.78 is 25.5. The normalized spacial score (nSPS) is 23.5. The summed E-state index contributed by atoms with van der Waals surface area (Å²) in [6.45, 7) is 3.04. The molecule has 0 aromatic rings. The summed E-state index contributed by atoms with van der Waals surface area (Å²) >= 11 is 0. The van der Waals surface area contributed by atoms with Crippen molar-refractivity contribution in [3.8, 4) is 0 Å². The quantitative estimate of drug-likeness (QED) is 0.632. The van der Waals surface area contributed by atoms with E-state index >= 15 is 0 Å². The van der Waals surface area contributed by atoms with Gasteiger partial charge in [-0.3, -0.25) is 0 Å². The highest BCUT2D eigenvalue weighted by Gasteiger charge is 2.21. The van der Waals surface area contributed by atoms with Crippen molar-refractivity contribution in [2.24, 2.45) is 11.7 Å². The fourth-order valence-corrected chi connectivity index (χ4v) is 2.96. The minimum atomic E-state index is -3.10. The van der Waals surface area contributed by atoms with Crippen LogP contribution < -0.4 is 10.5 Å². The number of nitrogens with zero attached hydrogens (tertiary/aromatic N) is 1. The van der Waals surface area contributed by atoms with Crippen molar-refractivity contribution in [1.82, 2.24) is 9.62 Å². The van der Waals surface area contributed by atoms with Crippen LogP contribution in [0.15, 0.2) is 0 Å². The van der Waals surface area contributed by atoms with Gasteiger partial charge in [0, 0.05) is 13.1 Å². The summed E-state index contributed by atoms with van der Waals surface area (Å²) in [4.78, 5) is 2.22. The highest BCUT2D eigenvalue weighted by molar-refractivity contribution is 7.89. The van der Waals surface area contributed by atoms with Crippen LogP contribution >= 0.6 is 0 Å². The van der Waals surface area contributed by atoms with Crippen molar-refractivity contribution in [3.63, 3.8) is 0 Å². The molecule has 1 aliphatic rings. The molecule has 90 valence electrons. The number of likely N-dealkylation sites (tertiary alicyclic amines) is 1. The second-order valence-electron chi connectivity index (χ2n) is 4.23. The number of sulfonamides is 1. The molecule has 0 aliphatic carbocycles. The maximum absolute atomic E-state index is 11.4. The smallest absolute Gasteiger partial charge is 0.211 e. The summed E-state index contributed by atoms with van der Waals surface area (Å²) in [6.07, 6.45) is 1.61. The summed E-state index contributed by atoms with van der Waals surface area (Å²) in [5.74, 6) is 0.606. The lowest BCUT2D eigenvalue weighted by Crippen LogP contribution is -2.32. The molecule has 1 fully saturated rings. The van der Waals surface area contributed by atoms with Crippen molar-refractivity contribution < 1.29 is 8.42 Å². The Morgan fingerprint density at radius 3 is 2.80 bits per heavy atom. The third kappa shape index (κ3) is 4.92. The van der Waals surface area contributed by atoms with Crippen LogP contribution in [0.2, 0.25) is 0 Å². The Bertz CT molecular complexity index is 279. The molecular weight excluding hydrogens is 214 g/mol. The van der Waals surface area contributed by atoms with Gasteiger partial charge in [0.05, 0.1) is 5.75 Å². The van der Waals surface area contributed by atoms with E-state index in [1.807, 2.05) is 0 Å². The maximum atomic E-state index is 11.4. The molecule has 5 nitrogen and oxygen atoms in total. The molecule has 0 aromatic heterocycles. The average Bonchev–Trinajstić information content (AvgIpc) is 2.59. The first-order chi connectivity index (χ1) is 7.03. The first-order valence-corrected chi connectivity index (χ1v) is 7.04. The van der Waals surface area contributed by atoms with Crippen LogP contribution in [0, 0.1) is 5.92 Å². The van der Waals surface area contributed by atoms with Gasteiger partial charge in [0.15, 0.2) is 0 Å². The minimum absolute atomic E-state index is 0.145. The number of nitrogens with two attached hydrogens (primary N) is 1. The van der Waals surface area contributed by atoms with E-state index in [2.05, 4.69) is 16.7 Å². The molecule has 0 amide bonds. The Labute approximate surface area is 92.1 Å². The average molecular weight is 235 g/mol. The first kappa shape index (κ1) is 12.9. The predicted molar refractivity (Wildman–Crippen MR) is 61.1 cm³/mol. The van der Waals surface area contributed by atoms with Crippen LogP contribution in [-0.2, 0) is 10.0 Å². The van der Waals surface area contributed by atoms with E-state index in [-0.39, 0.29) is 5.75 Å². The third-order valence-corrected chi connectivity index (χ3v) is 4.13. The minimum Gasteiger partial charge on any atom is -0.330 e. The first-order valence-electron chi connectivity index (χ1n) is 5.39. The zero-order valence-corrected chi connectivity index (χ0v) is 10.1. The van der Waals surface area contributed by atoms with Crippen LogP contribution in [0.3, 0.4) is 0 Å². The van der Waals surface area contributed by atoms with Crippen LogP contribution in [-0.4, -0.2) is 52.3 Å². The van der Waals surface area contributed by atoms with Gasteiger partial charge in [-0.05, 0) is 38.9 Å². The van der Waals surface area contributed by atoms with Gasteiger partial charge in [0.1, 0.15) is 0 Å². The van der Waals surface area contributed by atoms with Crippen molar-refractivity contribution in [1.29, 1.82) is 0 Å². The van der Waals surface area contributed by atoms with Crippen LogP contribution in [0.1, 0.15) is 12.8 Å². The Morgan fingerprint density at radius 1 is 1.53 bits per heavy atom. The van der Waals surface area contributed by atoms with E-state index < -0.39 is 10.0 Å². The Morgan fingerprint density at radius 2 is 2.27 bits per heavy atom. The lowest BCUT2D eigenvalue weighted by Gasteiger charge is -2.11. The number of nitrogens with one attached hydrogen (secondary N) is 1. The van der Waals surface area contributed by atoms with Crippen LogP contribution in [0.5, 0.6) is 0 Å². The molecule has 0 aromatic carbocycles. The number of hydrogen-bond donors (Lipinski definition) is 2. The topological polar surface area (TPSA) is 75.4 Å². The van der Waals surface area contributed by atoms with E-state index in [4.69, 9.17) is 5.73 Å². The summed E-state index contributed by atoms with van der Waals surface area (Å²) in [5, 5.41) is 0. The number of rotatable bonds is 6. The SMILES string of the molecule is CN1CCC(CNS(=O)(=O)CCCN)C1. The van der Waals surface area contributed by atoms with Crippen molar-refractivity contribution >= 4 is 10.0 Å². The summed E-state index contributed by atoms with van der Waals surface area (Å²) in [6, 6.07) is 0. The van der Waals surface area contributed by atoms with Crippen molar-refractivity contribution in [2.45, 2.75) is 12.8 Å². The van der Waals surface area contributed by atoms with E-state index in [1.165, 1.54) is 0 Å². The van der Waals surface area contributed by atoms with Gasteiger partial charge in [0.2, 0.25) is 10.0 Å². The molecule has 6 heteroatoms. The monoisotopic (exact) mass is 235 g/mol. The predicted octanol–water partition coefficient (Wildman–Crippen LogP) is -0.794. The lowest BCUT2D eigenvalue weighted by molar-refractivity contribution is 0.394. The molecule has 1 atom stereocenters. The summed E-state index contributed by atoms with van der Waals surface area (Å²) in [7, 11) is -1.04. The standard InChI is InChI=1S/C9H21N3O2S/c1-12-5-3-9(8-12)7-11-15(13,14)6-2-4-10/h9,11H,2-8,10H2,1H3. The highest BCUT2D eigenvalue weighted by Crippen LogP contribution is 2.13. The molecule has 1 rings (SSSR count). The zero-order chi connectivity index (χ0) is 11.3. The van der Waals surface area contributed by atoms with E-state index in [0.29, 0.717) is 25.4 Å². The molecule has 0 radical (unpaired) electrons. The van der Waals surface area contributed by atoms with Crippen LogP contribution in [0.25, 0.3) is 0 Å². The Kier molecular flexibility index (Phi) is 4.98. The number of hydrogen-bond acceptors (Lipinski definition) is 4. The highest BCUT2D eigenvalue weighted by atomic mass is 32.2. The lowest BCUT2D eigenvalue weighted by atomic mass is 10.1. The molecule has 0 bridgehead atoms. The van der Waals surface area contributed by atoms with E-state index in [9.17, 15) is 8.42 Å². The fourth-order valence-electron chi connectivity index (χ4n) is 1.78. The van der Waals surface area contributed by atoms with Gasteiger partial charge < -0.3 is 10.6 Å². The molecule has 3 N–H and O–H groups in total. The van der Waals surface area contributed by atoms with Gasteiger partial charge in [0.25, 0.3) is 0 Å². The molecule has 15 heavy (non-hydrogen) atoms. The molecule has 1 saturated heterocycles. The molecule has 1 heterocycles. The largest absolute Gasteiger partial charge is 0.330 e. The molecule has 1 unspecified atom stereocenters.